The molecule has 0 unspecified atom stereocenters. The van der Waals surface area contributed by atoms with E-state index in [0.717, 1.165) is 44.0 Å². The maximum Gasteiger partial charge on any atom is 0.145 e. The van der Waals surface area contributed by atoms with Crippen molar-refractivity contribution in [3.8, 4) is 27.9 Å². The van der Waals surface area contributed by atoms with Crippen LogP contribution in [0.15, 0.2) is 174 Å². The number of allylic oxidation sites excluding steroid dienone is 4. The molecule has 3 nitrogen and oxygen atoms in total. The predicted octanol–water partition coefficient (Wildman–Crippen LogP) is 13.6. The molecule has 0 atom stereocenters. The molecule has 0 aliphatic carbocycles. The number of fused-ring (bicyclic) bond motifs is 10. The van der Waals surface area contributed by atoms with E-state index in [1.807, 2.05) is 0 Å². The molecular formula is C48H34N2O. The van der Waals surface area contributed by atoms with Crippen LogP contribution in [-0.4, -0.2) is 9.13 Å². The topological polar surface area (TPSA) is 23.0 Å². The van der Waals surface area contributed by atoms with Gasteiger partial charge in [-0.25, -0.2) is 0 Å². The fourth-order valence-corrected chi connectivity index (χ4v) is 8.08. The molecule has 3 heteroatoms. The van der Waals surface area contributed by atoms with Crippen LogP contribution in [0.2, 0.25) is 0 Å². The fourth-order valence-electron chi connectivity index (χ4n) is 8.08. The minimum atomic E-state index is 0.900. The molecule has 3 heterocycles. The van der Waals surface area contributed by atoms with E-state index >= 15 is 0 Å². The summed E-state index contributed by atoms with van der Waals surface area (Å²) < 4.78 is 11.6. The van der Waals surface area contributed by atoms with Crippen molar-refractivity contribution in [2.24, 2.45) is 0 Å². The molecule has 0 N–H and O–H groups in total. The Morgan fingerprint density at radius 2 is 1.20 bits per heavy atom. The largest absolute Gasteiger partial charge is 0.455 e. The van der Waals surface area contributed by atoms with Crippen LogP contribution >= 0.6 is 0 Å². The van der Waals surface area contributed by atoms with Crippen LogP contribution in [0.3, 0.4) is 0 Å². The van der Waals surface area contributed by atoms with Crippen molar-refractivity contribution < 1.29 is 4.42 Å². The Bertz CT molecular complexity index is 3020. The minimum absolute atomic E-state index is 0.900. The lowest BCUT2D eigenvalue weighted by Gasteiger charge is -2.14. The van der Waals surface area contributed by atoms with E-state index in [4.69, 9.17) is 4.42 Å². The average molecular weight is 655 g/mol. The lowest BCUT2D eigenvalue weighted by atomic mass is 9.97. The van der Waals surface area contributed by atoms with Crippen molar-refractivity contribution >= 4 is 71.2 Å². The molecule has 0 bridgehead atoms. The van der Waals surface area contributed by atoms with Crippen LogP contribution < -0.4 is 0 Å². The molecule has 0 fully saturated rings. The fraction of sp³-hybridized carbons (Fsp3) is 0.0417. The van der Waals surface area contributed by atoms with Crippen LogP contribution in [0, 0.1) is 0 Å². The highest BCUT2D eigenvalue weighted by Crippen LogP contribution is 2.46. The molecule has 242 valence electrons. The molecule has 51 heavy (non-hydrogen) atoms. The minimum Gasteiger partial charge on any atom is -0.455 e. The van der Waals surface area contributed by atoms with E-state index in [-0.39, 0.29) is 0 Å². The first-order valence-electron chi connectivity index (χ1n) is 17.6. The molecule has 0 aliphatic heterocycles. The first kappa shape index (κ1) is 29.3. The summed E-state index contributed by atoms with van der Waals surface area (Å²) in [5.41, 5.74) is 13.6. The molecule has 7 aromatic carbocycles. The van der Waals surface area contributed by atoms with Gasteiger partial charge in [-0.3, -0.25) is 0 Å². The summed E-state index contributed by atoms with van der Waals surface area (Å²) in [6.07, 6.45) is 6.37. The summed E-state index contributed by atoms with van der Waals surface area (Å²) in [4.78, 5) is 0. The van der Waals surface area contributed by atoms with Crippen LogP contribution in [0.1, 0.15) is 13.8 Å². The van der Waals surface area contributed by atoms with Crippen molar-refractivity contribution in [1.82, 2.24) is 9.13 Å². The summed E-state index contributed by atoms with van der Waals surface area (Å²) >= 11 is 0. The summed E-state index contributed by atoms with van der Waals surface area (Å²) in [6.45, 7) is 4.24. The highest BCUT2D eigenvalue weighted by Gasteiger charge is 2.23. The molecule has 10 rings (SSSR count). The van der Waals surface area contributed by atoms with Gasteiger partial charge in [0.25, 0.3) is 0 Å². The van der Waals surface area contributed by atoms with Crippen molar-refractivity contribution in [3.05, 3.63) is 170 Å². The van der Waals surface area contributed by atoms with Crippen LogP contribution in [-0.2, 0) is 0 Å². The zero-order chi connectivity index (χ0) is 34.1. The molecule has 3 aromatic heterocycles. The van der Waals surface area contributed by atoms with E-state index in [0.29, 0.717) is 0 Å². The smallest absolute Gasteiger partial charge is 0.145 e. The summed E-state index contributed by atoms with van der Waals surface area (Å²) in [5, 5.41) is 7.04. The quantitative estimate of drug-likeness (QED) is 0.169. The van der Waals surface area contributed by atoms with Crippen molar-refractivity contribution in [2.75, 3.05) is 0 Å². The maximum absolute atomic E-state index is 6.75. The lowest BCUT2D eigenvalue weighted by molar-refractivity contribution is 0.673. The summed E-state index contributed by atoms with van der Waals surface area (Å²) in [7, 11) is 0. The Morgan fingerprint density at radius 1 is 0.549 bits per heavy atom. The zero-order valence-electron chi connectivity index (χ0n) is 28.5. The molecule has 0 saturated carbocycles. The van der Waals surface area contributed by atoms with Gasteiger partial charge in [-0.2, -0.15) is 0 Å². The SMILES string of the molecule is C/C=C\C=C(/C)n1c2ccccc2c2cc(-c3cc4c5ccccc5oc4c4c5ccccc5n(-c5ccc(-c6ccccc6)cc5)c34)ccc21. The number of nitrogens with zero attached hydrogens (tertiary/aromatic N) is 2. The summed E-state index contributed by atoms with van der Waals surface area (Å²) in [6, 6.07) is 54.7. The highest BCUT2D eigenvalue weighted by molar-refractivity contribution is 6.27. The summed E-state index contributed by atoms with van der Waals surface area (Å²) in [5.74, 6) is 0. The van der Waals surface area contributed by atoms with E-state index < -0.39 is 0 Å². The monoisotopic (exact) mass is 654 g/mol. The Morgan fingerprint density at radius 3 is 2.00 bits per heavy atom. The van der Waals surface area contributed by atoms with E-state index in [1.54, 1.807) is 0 Å². The Labute approximate surface area is 295 Å². The van der Waals surface area contributed by atoms with Crippen LogP contribution in [0.25, 0.3) is 99.2 Å². The molecule has 0 spiro atoms. The van der Waals surface area contributed by atoms with Crippen molar-refractivity contribution in [2.45, 2.75) is 13.8 Å². The molecule has 10 aromatic rings. The van der Waals surface area contributed by atoms with Gasteiger partial charge in [0.15, 0.2) is 0 Å². The predicted molar refractivity (Wildman–Crippen MR) is 217 cm³/mol. The Hall–Kier alpha value is -6.58. The van der Waals surface area contributed by atoms with Crippen molar-refractivity contribution in [3.63, 3.8) is 0 Å². The second-order valence-electron chi connectivity index (χ2n) is 13.3. The number of hydrogen-bond donors (Lipinski definition) is 0. The number of hydrogen-bond acceptors (Lipinski definition) is 1. The van der Waals surface area contributed by atoms with Gasteiger partial charge in [-0.15, -0.1) is 0 Å². The molecule has 0 aliphatic rings. The van der Waals surface area contributed by atoms with Gasteiger partial charge in [0.2, 0.25) is 0 Å². The average Bonchev–Trinajstić information content (AvgIpc) is 3.85. The Kier molecular flexibility index (Phi) is 6.62. The maximum atomic E-state index is 6.75. The van der Waals surface area contributed by atoms with E-state index in [1.165, 1.54) is 55.1 Å². The van der Waals surface area contributed by atoms with Gasteiger partial charge >= 0.3 is 0 Å². The van der Waals surface area contributed by atoms with Gasteiger partial charge in [0.05, 0.1) is 27.5 Å². The van der Waals surface area contributed by atoms with Gasteiger partial charge < -0.3 is 13.6 Å². The second kappa shape index (κ2) is 11.5. The standard InChI is InChI=1S/C48H34N2O/c1-3-4-14-31(2)49-42-20-11-8-17-36(42)40-29-34(25-28-44(40)49)39-30-41-37-18-10-13-22-45(37)51-48(41)46-38-19-9-12-21-43(38)50(47(39)46)35-26-23-33(24-27-35)32-15-6-5-7-16-32/h3-30H,1-2H3/b4-3-,31-14+. The molecule has 0 saturated heterocycles. The highest BCUT2D eigenvalue weighted by atomic mass is 16.3. The normalized spacial score (nSPS) is 12.5. The third kappa shape index (κ3) is 4.45. The number of benzene rings is 7. The van der Waals surface area contributed by atoms with E-state index in [2.05, 4.69) is 193 Å². The first-order valence-corrected chi connectivity index (χ1v) is 17.6. The van der Waals surface area contributed by atoms with Gasteiger partial charge in [0.1, 0.15) is 11.2 Å². The van der Waals surface area contributed by atoms with Gasteiger partial charge in [-0.05, 0) is 85.1 Å². The first-order chi connectivity index (χ1) is 25.2. The van der Waals surface area contributed by atoms with Crippen LogP contribution in [0.4, 0.5) is 0 Å². The Balaban J connectivity index is 1.32. The van der Waals surface area contributed by atoms with Crippen molar-refractivity contribution in [1.29, 1.82) is 0 Å². The van der Waals surface area contributed by atoms with Gasteiger partial charge in [-0.1, -0.05) is 115 Å². The number of aromatic nitrogens is 2. The zero-order valence-corrected chi connectivity index (χ0v) is 28.5. The van der Waals surface area contributed by atoms with Crippen LogP contribution in [0.5, 0.6) is 0 Å². The second-order valence-corrected chi connectivity index (χ2v) is 13.3. The lowest BCUT2D eigenvalue weighted by Crippen LogP contribution is -1.96. The van der Waals surface area contributed by atoms with E-state index in [9.17, 15) is 0 Å². The number of para-hydroxylation sites is 3. The number of rotatable bonds is 5. The molecule has 0 amide bonds. The third-order valence-electron chi connectivity index (χ3n) is 10.4. The molecular weight excluding hydrogens is 621 g/mol. The number of furan rings is 1. The third-order valence-corrected chi connectivity index (χ3v) is 10.4. The molecule has 0 radical (unpaired) electrons. The van der Waals surface area contributed by atoms with Gasteiger partial charge in [0, 0.05) is 43.9 Å².